The van der Waals surface area contributed by atoms with E-state index in [0.29, 0.717) is 13.1 Å². The number of tetrazole rings is 1. The highest BCUT2D eigenvalue weighted by Gasteiger charge is 2.04. The molecular weight excluding hydrogens is 282 g/mol. The summed E-state index contributed by atoms with van der Waals surface area (Å²) >= 11 is 0. The number of carbonyl (C=O) groups excluding carboxylic acids is 1. The second kappa shape index (κ2) is 6.61. The fourth-order valence-electron chi connectivity index (χ4n) is 2.08. The van der Waals surface area contributed by atoms with Crippen molar-refractivity contribution in [3.05, 3.63) is 60.2 Å². The van der Waals surface area contributed by atoms with E-state index >= 15 is 0 Å². The van der Waals surface area contributed by atoms with E-state index < -0.39 is 0 Å². The Balaban J connectivity index is 1.55. The van der Waals surface area contributed by atoms with Crippen molar-refractivity contribution in [3.63, 3.8) is 0 Å². The first-order chi connectivity index (χ1) is 10.8. The van der Waals surface area contributed by atoms with E-state index in [0.717, 1.165) is 11.1 Å². The van der Waals surface area contributed by atoms with E-state index in [1.807, 2.05) is 35.1 Å². The fourth-order valence-corrected chi connectivity index (χ4v) is 2.08. The molecule has 0 spiro atoms. The van der Waals surface area contributed by atoms with E-state index in [2.05, 4.69) is 32.0 Å². The summed E-state index contributed by atoms with van der Waals surface area (Å²) in [5.41, 5.74) is 2.17. The van der Waals surface area contributed by atoms with Gasteiger partial charge >= 0.3 is 0 Å². The van der Waals surface area contributed by atoms with E-state index in [1.165, 1.54) is 11.0 Å². The van der Waals surface area contributed by atoms with Gasteiger partial charge in [0.1, 0.15) is 12.9 Å². The largest absolute Gasteiger partial charge is 0.350 e. The number of aromatic nitrogens is 6. The highest BCUT2D eigenvalue weighted by Crippen LogP contribution is 2.07. The van der Waals surface area contributed by atoms with Crippen molar-refractivity contribution in [2.24, 2.45) is 0 Å². The van der Waals surface area contributed by atoms with Crippen LogP contribution < -0.4 is 5.32 Å². The van der Waals surface area contributed by atoms with Crippen LogP contribution in [-0.4, -0.2) is 35.9 Å². The van der Waals surface area contributed by atoms with Crippen LogP contribution in [0.1, 0.15) is 11.1 Å². The van der Waals surface area contributed by atoms with Crippen molar-refractivity contribution in [2.45, 2.75) is 19.6 Å². The lowest BCUT2D eigenvalue weighted by atomic mass is 10.1. The molecule has 0 aliphatic heterocycles. The first kappa shape index (κ1) is 13.9. The van der Waals surface area contributed by atoms with Crippen LogP contribution >= 0.6 is 0 Å². The molecule has 1 amide bonds. The van der Waals surface area contributed by atoms with Gasteiger partial charge in [-0.25, -0.2) is 4.68 Å². The minimum absolute atomic E-state index is 0.111. The molecule has 0 saturated carbocycles. The molecule has 3 rings (SSSR count). The average Bonchev–Trinajstić information content (AvgIpc) is 3.19. The molecule has 1 N–H and O–H groups in total. The summed E-state index contributed by atoms with van der Waals surface area (Å²) < 4.78 is 3.23. The first-order valence-electron chi connectivity index (χ1n) is 6.82. The van der Waals surface area contributed by atoms with E-state index in [-0.39, 0.29) is 12.5 Å². The van der Waals surface area contributed by atoms with Gasteiger partial charge in [-0.15, -0.1) is 5.10 Å². The molecular formula is C14H15N7O. The molecule has 0 unspecified atom stereocenters. The lowest BCUT2D eigenvalue weighted by molar-refractivity contribution is -0.122. The standard InChI is InChI=1S/C14H15N7O/c22-14(10-21-11-16-18-19-21)15-8-12-3-1-4-13(7-12)9-20-6-2-5-17-20/h1-7,11H,8-10H2,(H,15,22). The number of amides is 1. The molecule has 0 aliphatic carbocycles. The van der Waals surface area contributed by atoms with Crippen molar-refractivity contribution in [2.75, 3.05) is 0 Å². The minimum atomic E-state index is -0.134. The van der Waals surface area contributed by atoms with Crippen molar-refractivity contribution in [1.82, 2.24) is 35.3 Å². The number of carbonyl (C=O) groups is 1. The Labute approximate surface area is 126 Å². The minimum Gasteiger partial charge on any atom is -0.350 e. The summed E-state index contributed by atoms with van der Waals surface area (Å²) in [4.78, 5) is 11.8. The van der Waals surface area contributed by atoms with Crippen LogP contribution in [0.4, 0.5) is 0 Å². The Morgan fingerprint density at radius 3 is 2.86 bits per heavy atom. The van der Waals surface area contributed by atoms with Gasteiger partial charge in [0.05, 0.1) is 6.54 Å². The fraction of sp³-hybridized carbons (Fsp3) is 0.214. The molecule has 2 heterocycles. The summed E-state index contributed by atoms with van der Waals surface area (Å²) in [6.45, 7) is 1.29. The van der Waals surface area contributed by atoms with E-state index in [9.17, 15) is 4.79 Å². The molecule has 2 aromatic heterocycles. The maximum Gasteiger partial charge on any atom is 0.242 e. The van der Waals surface area contributed by atoms with Gasteiger partial charge in [-0.3, -0.25) is 9.48 Å². The van der Waals surface area contributed by atoms with Gasteiger partial charge in [0.25, 0.3) is 0 Å². The summed E-state index contributed by atoms with van der Waals surface area (Å²) in [6.07, 6.45) is 5.08. The molecule has 8 heteroatoms. The zero-order valence-corrected chi connectivity index (χ0v) is 11.8. The smallest absolute Gasteiger partial charge is 0.242 e. The molecule has 0 aliphatic rings. The Kier molecular flexibility index (Phi) is 4.19. The van der Waals surface area contributed by atoms with Gasteiger partial charge in [-0.05, 0) is 27.6 Å². The molecule has 0 fully saturated rings. The number of hydrogen-bond donors (Lipinski definition) is 1. The Hall–Kier alpha value is -3.03. The zero-order chi connectivity index (χ0) is 15.2. The molecule has 8 nitrogen and oxygen atoms in total. The SMILES string of the molecule is O=C(Cn1cnnn1)NCc1cccc(Cn2cccn2)c1. The van der Waals surface area contributed by atoms with Gasteiger partial charge in [0, 0.05) is 18.9 Å². The third-order valence-corrected chi connectivity index (χ3v) is 3.08. The molecule has 1 aromatic carbocycles. The number of hydrogen-bond acceptors (Lipinski definition) is 5. The maximum atomic E-state index is 11.8. The third-order valence-electron chi connectivity index (χ3n) is 3.08. The highest BCUT2D eigenvalue weighted by molar-refractivity contribution is 5.75. The quantitative estimate of drug-likeness (QED) is 0.703. The lowest BCUT2D eigenvalue weighted by Gasteiger charge is -2.07. The second-order valence-electron chi connectivity index (χ2n) is 4.81. The van der Waals surface area contributed by atoms with Crippen molar-refractivity contribution in [1.29, 1.82) is 0 Å². The monoisotopic (exact) mass is 297 g/mol. The normalized spacial score (nSPS) is 10.5. The second-order valence-corrected chi connectivity index (χ2v) is 4.81. The Morgan fingerprint density at radius 1 is 1.18 bits per heavy atom. The molecule has 112 valence electrons. The van der Waals surface area contributed by atoms with Crippen LogP contribution in [0.2, 0.25) is 0 Å². The lowest BCUT2D eigenvalue weighted by Crippen LogP contribution is -2.27. The molecule has 0 saturated heterocycles. The van der Waals surface area contributed by atoms with Gasteiger partial charge in [-0.2, -0.15) is 5.10 Å². The Bertz CT molecular complexity index is 722. The summed E-state index contributed by atoms with van der Waals surface area (Å²) in [7, 11) is 0. The number of benzene rings is 1. The van der Waals surface area contributed by atoms with Gasteiger partial charge in [-0.1, -0.05) is 24.3 Å². The predicted molar refractivity (Wildman–Crippen MR) is 77.4 cm³/mol. The van der Waals surface area contributed by atoms with E-state index in [4.69, 9.17) is 0 Å². The van der Waals surface area contributed by atoms with Crippen LogP contribution in [0.3, 0.4) is 0 Å². The van der Waals surface area contributed by atoms with Crippen molar-refractivity contribution in [3.8, 4) is 0 Å². The van der Waals surface area contributed by atoms with Gasteiger partial charge in [0.2, 0.25) is 5.91 Å². The summed E-state index contributed by atoms with van der Waals surface area (Å²) in [5, 5.41) is 17.6. The number of nitrogens with zero attached hydrogens (tertiary/aromatic N) is 6. The maximum absolute atomic E-state index is 11.8. The van der Waals surface area contributed by atoms with Crippen LogP contribution in [0.25, 0.3) is 0 Å². The summed E-state index contributed by atoms with van der Waals surface area (Å²) in [5.74, 6) is -0.134. The van der Waals surface area contributed by atoms with Crippen LogP contribution in [0.5, 0.6) is 0 Å². The molecule has 0 radical (unpaired) electrons. The Morgan fingerprint density at radius 2 is 2.09 bits per heavy atom. The molecule has 0 atom stereocenters. The first-order valence-corrected chi connectivity index (χ1v) is 6.82. The molecule has 22 heavy (non-hydrogen) atoms. The topological polar surface area (TPSA) is 90.5 Å². The molecule has 3 aromatic rings. The molecule has 0 bridgehead atoms. The number of nitrogens with one attached hydrogen (secondary N) is 1. The van der Waals surface area contributed by atoms with Crippen LogP contribution in [0.15, 0.2) is 49.1 Å². The van der Waals surface area contributed by atoms with Crippen LogP contribution in [0, 0.1) is 0 Å². The van der Waals surface area contributed by atoms with Crippen molar-refractivity contribution < 1.29 is 4.79 Å². The third kappa shape index (κ3) is 3.75. The van der Waals surface area contributed by atoms with Crippen molar-refractivity contribution >= 4 is 5.91 Å². The van der Waals surface area contributed by atoms with Gasteiger partial charge < -0.3 is 5.32 Å². The van der Waals surface area contributed by atoms with Gasteiger partial charge in [0.15, 0.2) is 0 Å². The van der Waals surface area contributed by atoms with Crippen LogP contribution in [-0.2, 0) is 24.4 Å². The zero-order valence-electron chi connectivity index (χ0n) is 11.8. The number of rotatable bonds is 6. The average molecular weight is 297 g/mol. The van der Waals surface area contributed by atoms with E-state index in [1.54, 1.807) is 6.20 Å². The predicted octanol–water partition coefficient (Wildman–Crippen LogP) is 0.234. The highest BCUT2D eigenvalue weighted by atomic mass is 16.2. The summed E-state index contributed by atoms with van der Waals surface area (Å²) in [6, 6.07) is 9.93.